The van der Waals surface area contributed by atoms with Crippen LogP contribution < -0.4 is 20.4 Å². The lowest BCUT2D eigenvalue weighted by Crippen LogP contribution is -2.60. The number of aryl methyl sites for hydroxylation is 2. The number of carbonyl (C=O) groups excluding carboxylic acids is 8. The van der Waals surface area contributed by atoms with Gasteiger partial charge in [0.05, 0.1) is 46.5 Å². The summed E-state index contributed by atoms with van der Waals surface area (Å²) in [4.78, 5) is 112. The van der Waals surface area contributed by atoms with Gasteiger partial charge in [-0.1, -0.05) is 146 Å². The van der Waals surface area contributed by atoms with Crippen molar-refractivity contribution in [3.05, 3.63) is 104 Å². The normalized spacial score (nSPS) is 32.2. The third-order valence-corrected chi connectivity index (χ3v) is 22.5. The van der Waals surface area contributed by atoms with Gasteiger partial charge in [0.2, 0.25) is 23.6 Å². The van der Waals surface area contributed by atoms with Crippen molar-refractivity contribution < 1.29 is 79.7 Å². The largest absolute Gasteiger partial charge is 0.457 e. The molecule has 2 aromatic rings. The number of benzene rings is 2. The van der Waals surface area contributed by atoms with Crippen molar-refractivity contribution in [2.45, 2.75) is 264 Å². The van der Waals surface area contributed by atoms with E-state index in [0.29, 0.717) is 47.1 Å². The zero-order chi connectivity index (χ0) is 79.5. The summed E-state index contributed by atoms with van der Waals surface area (Å²) in [6.07, 6.45) is 7.21. The lowest BCUT2D eigenvalue weighted by atomic mass is 9.82. The number of aliphatic hydroxyl groups is 2. The number of anilines is 2. The van der Waals surface area contributed by atoms with Gasteiger partial charge in [0, 0.05) is 85.0 Å². The SMILES string of the molecule is C/C1=C\C=C\C(C)C2(O)CC(OC(=O)N2)C(C)C2OC2(C)C(OC(=O)C(C)N(C)C(=O)CCC(C)(C)S)CC(=O)N(C)c2cc(cc(C)c2Cl)C1.C/C1=C\C=C\C(C)C2(O)CC(OC(=O)N2)C(C)C2OC2(C)C(OC(=O)C(C)N(C)C(=O)CCC(C)S)CC(=O)N(C)c2cc(cc(C)c2Cl)C1.[2H]C.[2H]C. The third-order valence-electron chi connectivity index (χ3n) is 21.1. The molecule has 6 amide bonds. The number of nitrogens with zero attached hydrogens (tertiary/aromatic N) is 4. The molecule has 103 heavy (non-hydrogen) atoms. The Labute approximate surface area is 634 Å². The number of thiol groups is 2. The molecule has 0 saturated carbocycles. The van der Waals surface area contributed by atoms with Crippen LogP contribution in [-0.4, -0.2) is 177 Å². The summed E-state index contributed by atoms with van der Waals surface area (Å²) >= 11 is 22.4. The molecule has 6 aliphatic rings. The van der Waals surface area contributed by atoms with Crippen LogP contribution in [0.2, 0.25) is 10.0 Å². The molecule has 0 aliphatic carbocycles. The quantitative estimate of drug-likeness (QED) is 0.0499. The van der Waals surface area contributed by atoms with E-state index >= 15 is 0 Å². The van der Waals surface area contributed by atoms with Crippen LogP contribution in [0.3, 0.4) is 0 Å². The van der Waals surface area contributed by atoms with E-state index in [-0.39, 0.29) is 72.2 Å². The topological polar surface area (TPSA) is 276 Å². The summed E-state index contributed by atoms with van der Waals surface area (Å²) in [7, 11) is 8.84. The molecule has 17 atom stereocenters. The van der Waals surface area contributed by atoms with Crippen molar-refractivity contribution in [2.75, 3.05) is 38.0 Å². The molecule has 4 fully saturated rings. The van der Waals surface area contributed by atoms with Crippen LogP contribution >= 0.6 is 48.5 Å². The molecule has 22 nitrogen and oxygen atoms in total. The molecule has 17 unspecified atom stereocenters. The van der Waals surface area contributed by atoms with Gasteiger partial charge < -0.3 is 58.2 Å². The van der Waals surface area contributed by atoms with Crippen molar-refractivity contribution in [3.63, 3.8) is 0 Å². The maximum absolute atomic E-state index is 14.1. The number of nitrogens with one attached hydrogen (secondary N) is 2. The van der Waals surface area contributed by atoms with Gasteiger partial charge in [0.1, 0.15) is 59.2 Å². The molecular formula is C77H114Cl2N6O16S2. The third kappa shape index (κ3) is 21.4. The van der Waals surface area contributed by atoms with Crippen LogP contribution in [0, 0.1) is 37.5 Å². The maximum atomic E-state index is 14.1. The lowest BCUT2D eigenvalue weighted by Gasteiger charge is -2.41. The number of amides is 6. The van der Waals surface area contributed by atoms with E-state index in [4.69, 9.17) is 54.4 Å². The zero-order valence-corrected chi connectivity index (χ0v) is 67.2. The number of epoxide rings is 2. The number of ether oxygens (including phenoxy) is 6. The number of fused-ring (bicyclic) bond motifs is 10. The Hall–Kier alpha value is -6.12. The molecular weight excluding hydrogens is 1400 g/mol. The van der Waals surface area contributed by atoms with Gasteiger partial charge in [-0.05, 0) is 121 Å². The summed E-state index contributed by atoms with van der Waals surface area (Å²) in [6.45, 7) is 27.4. The van der Waals surface area contributed by atoms with Crippen LogP contribution in [0.4, 0.5) is 21.0 Å². The first-order chi connectivity index (χ1) is 48.8. The Morgan fingerprint density at radius 2 is 1.04 bits per heavy atom. The van der Waals surface area contributed by atoms with E-state index in [1.165, 1.54) is 34.4 Å². The summed E-state index contributed by atoms with van der Waals surface area (Å²) in [5.41, 5.74) is 1.07. The van der Waals surface area contributed by atoms with Gasteiger partial charge in [0.25, 0.3) is 0 Å². The number of halogens is 2. The van der Waals surface area contributed by atoms with Gasteiger partial charge in [-0.15, -0.1) is 0 Å². The zero-order valence-electron chi connectivity index (χ0n) is 65.9. The number of carbonyl (C=O) groups is 8. The van der Waals surface area contributed by atoms with Crippen LogP contribution in [0.1, 0.15) is 181 Å². The number of likely N-dealkylation sites (N-methyl/N-ethyl adjacent to an activating group) is 2. The van der Waals surface area contributed by atoms with Gasteiger partial charge in [-0.25, -0.2) is 19.2 Å². The fraction of sp³-hybridized carbons (Fsp3) is 0.636. The first-order valence-corrected chi connectivity index (χ1v) is 36.4. The Balaban J connectivity index is 0.000000360. The van der Waals surface area contributed by atoms with E-state index in [1.807, 2.05) is 137 Å². The summed E-state index contributed by atoms with van der Waals surface area (Å²) < 4.78 is 47.2. The van der Waals surface area contributed by atoms with Crippen LogP contribution in [0.5, 0.6) is 0 Å². The van der Waals surface area contributed by atoms with Crippen molar-refractivity contribution >= 4 is 108 Å². The number of hydrogen-bond donors (Lipinski definition) is 6. The Morgan fingerprint density at radius 1 is 0.680 bits per heavy atom. The summed E-state index contributed by atoms with van der Waals surface area (Å²) in [5.74, 6) is -4.44. The van der Waals surface area contributed by atoms with Gasteiger partial charge >= 0.3 is 24.1 Å². The van der Waals surface area contributed by atoms with E-state index in [1.54, 1.807) is 55.9 Å². The molecule has 8 bridgehead atoms. The highest BCUT2D eigenvalue weighted by Crippen LogP contribution is 2.51. The lowest BCUT2D eigenvalue weighted by molar-refractivity contribution is -0.162. The van der Waals surface area contributed by atoms with Gasteiger partial charge in [-0.2, -0.15) is 25.3 Å². The highest BCUT2D eigenvalue weighted by Gasteiger charge is 2.66. The molecule has 4 saturated heterocycles. The molecule has 6 heterocycles. The first-order valence-electron chi connectivity index (χ1n) is 36.7. The van der Waals surface area contributed by atoms with E-state index in [9.17, 15) is 48.6 Å². The minimum atomic E-state index is -1.60. The Morgan fingerprint density at radius 3 is 1.39 bits per heavy atom. The average Bonchev–Trinajstić information content (AvgIpc) is 1.58. The highest BCUT2D eigenvalue weighted by atomic mass is 35.5. The van der Waals surface area contributed by atoms with Crippen LogP contribution in [0.25, 0.3) is 0 Å². The van der Waals surface area contributed by atoms with E-state index in [0.717, 1.165) is 33.4 Å². The monoisotopic (exact) mass is 1510 g/mol. The predicted molar refractivity (Wildman–Crippen MR) is 408 cm³/mol. The molecule has 574 valence electrons. The number of allylic oxidation sites excluding steroid dienone is 6. The van der Waals surface area contributed by atoms with E-state index in [2.05, 4.69) is 35.9 Å². The first kappa shape index (κ1) is 84.1. The molecule has 8 rings (SSSR count). The minimum Gasteiger partial charge on any atom is -0.457 e. The summed E-state index contributed by atoms with van der Waals surface area (Å²) in [6, 6.07) is 5.80. The second-order valence-electron chi connectivity index (χ2n) is 30.0. The van der Waals surface area contributed by atoms with Crippen molar-refractivity contribution in [2.24, 2.45) is 23.7 Å². The minimum absolute atomic E-state index is 0.0218. The molecule has 6 aliphatic heterocycles. The second-order valence-corrected chi connectivity index (χ2v) is 32.8. The average molecular weight is 1520 g/mol. The standard InChI is InChI=1S/C38H54ClN3O8S.C37H52ClN3O8S.2CH4/c1-21-12-11-13-23(3)38(47)20-28(48-35(46)40-38)24(4)33-37(8,50-33)29(49-34(45)25(5)41(9)30(43)14-15-36(6,7)51)19-31(44)42(10)27-18-26(16-21)17-22(2)32(27)39;1-20-11-10-12-22(3)37(46)19-28(47-35(45)39-37)24(5)33-36(7,49-33)29(48-34(44)25(6)40(8)30(42)14-13-23(4)50)18-31(43)41(9)27-17-26(15-20)16-21(2)32(27)38;;/h11-13,17-18,23-25,28-29,33,47,51H,14-16,19-20H2,1-10H3,(H,40,46);10-12,16-17,22-25,28-29,33,46,50H,13-15,18-19H2,1-9H3,(H,39,45);2*1H4/b13-11+,21-12+;12-10+,20-11+;;/i;;2*1D. The molecule has 2 aromatic carbocycles. The smallest absolute Gasteiger partial charge is 0.409 e. The number of esters is 2. The molecule has 0 spiro atoms. The maximum Gasteiger partial charge on any atom is 0.409 e. The number of hydrogen-bond acceptors (Lipinski definition) is 18. The van der Waals surface area contributed by atoms with E-state index < -0.39 is 119 Å². The van der Waals surface area contributed by atoms with Crippen molar-refractivity contribution in [1.29, 1.82) is 0 Å². The van der Waals surface area contributed by atoms with Crippen LogP contribution in [-0.2, 0) is 70.0 Å². The second kappa shape index (κ2) is 35.1. The number of alkyl carbamates (subject to hydrolysis) is 2. The highest BCUT2D eigenvalue weighted by molar-refractivity contribution is 7.81. The van der Waals surface area contributed by atoms with Gasteiger partial charge in [0.15, 0.2) is 0 Å². The molecule has 26 heteroatoms. The number of rotatable bonds is 12. The predicted octanol–water partition coefficient (Wildman–Crippen LogP) is 12.7. The Bertz CT molecular complexity index is 3620. The Kier molecular flexibility index (Phi) is 28.7. The van der Waals surface area contributed by atoms with Crippen LogP contribution in [0.15, 0.2) is 71.9 Å². The van der Waals surface area contributed by atoms with Crippen molar-refractivity contribution in [1.82, 2.24) is 20.4 Å². The molecule has 0 radical (unpaired) electrons. The summed E-state index contributed by atoms with van der Waals surface area (Å²) in [5, 5.41) is 29.4. The fourth-order valence-corrected chi connectivity index (χ4v) is 14.1. The van der Waals surface area contributed by atoms with Crippen molar-refractivity contribution in [3.8, 4) is 0 Å². The molecule has 4 N–H and O–H groups in total. The molecule has 0 aromatic heterocycles. The fourth-order valence-electron chi connectivity index (χ4n) is 13.4. The van der Waals surface area contributed by atoms with Gasteiger partial charge in [-0.3, -0.25) is 29.8 Å².